The van der Waals surface area contributed by atoms with Gasteiger partial charge in [-0.25, -0.2) is 4.98 Å². The van der Waals surface area contributed by atoms with Crippen molar-refractivity contribution in [3.63, 3.8) is 0 Å². The lowest BCUT2D eigenvalue weighted by Gasteiger charge is -2.27. The molecule has 0 amide bonds. The first-order valence-corrected chi connectivity index (χ1v) is 5.39. The molecule has 0 saturated carbocycles. The molecule has 0 spiro atoms. The van der Waals surface area contributed by atoms with Crippen molar-refractivity contribution < 1.29 is 4.74 Å². The van der Waals surface area contributed by atoms with Crippen molar-refractivity contribution >= 4 is 17.3 Å². The maximum Gasteiger partial charge on any atom is 0.129 e. The summed E-state index contributed by atoms with van der Waals surface area (Å²) < 4.78 is 5.06. The summed E-state index contributed by atoms with van der Waals surface area (Å²) in [6, 6.07) is 4.23. The Morgan fingerprint density at radius 2 is 2.27 bits per heavy atom. The largest absolute Gasteiger partial charge is 0.383 e. The molecule has 1 saturated heterocycles. The quantitative estimate of drug-likeness (QED) is 0.585. The molecule has 0 bridgehead atoms. The van der Waals surface area contributed by atoms with Crippen LogP contribution in [0.3, 0.4) is 0 Å². The lowest BCUT2D eigenvalue weighted by atomic mass is 10.2. The fourth-order valence-electron chi connectivity index (χ4n) is 1.32. The van der Waals surface area contributed by atoms with E-state index in [1.165, 1.54) is 0 Å². The van der Waals surface area contributed by atoms with Crippen LogP contribution in [0.2, 0.25) is 5.15 Å². The van der Waals surface area contributed by atoms with E-state index in [4.69, 9.17) is 16.3 Å². The van der Waals surface area contributed by atoms with Crippen molar-refractivity contribution in [2.24, 2.45) is 0 Å². The number of anilines is 1. The lowest BCUT2D eigenvalue weighted by molar-refractivity contribution is -0.00433. The highest BCUT2D eigenvalue weighted by molar-refractivity contribution is 6.29. The van der Waals surface area contributed by atoms with Gasteiger partial charge in [-0.1, -0.05) is 11.6 Å². The number of nitrogens with zero attached hydrogens (tertiary/aromatic N) is 1. The van der Waals surface area contributed by atoms with Gasteiger partial charge in [-0.2, -0.15) is 0 Å². The first-order valence-electron chi connectivity index (χ1n) is 5.01. The number of rotatable bonds is 5. The molecule has 82 valence electrons. The molecular weight excluding hydrogens is 214 g/mol. The predicted molar refractivity (Wildman–Crippen MR) is 60.3 cm³/mol. The summed E-state index contributed by atoms with van der Waals surface area (Å²) in [5.41, 5.74) is 0.992. The number of pyridine rings is 1. The SMILES string of the molecule is Clc1ccc(NCCNC2COC2)cn1. The number of hydrogen-bond acceptors (Lipinski definition) is 4. The van der Waals surface area contributed by atoms with Crippen LogP contribution in [-0.2, 0) is 4.74 Å². The Labute approximate surface area is 94.0 Å². The summed E-state index contributed by atoms with van der Waals surface area (Å²) in [7, 11) is 0. The molecule has 0 radical (unpaired) electrons. The van der Waals surface area contributed by atoms with Crippen LogP contribution in [0.5, 0.6) is 0 Å². The molecule has 4 nitrogen and oxygen atoms in total. The maximum atomic E-state index is 5.68. The molecule has 5 heteroatoms. The van der Waals surface area contributed by atoms with Gasteiger partial charge >= 0.3 is 0 Å². The van der Waals surface area contributed by atoms with Crippen LogP contribution in [-0.4, -0.2) is 37.3 Å². The summed E-state index contributed by atoms with van der Waals surface area (Å²) in [5, 5.41) is 7.14. The number of hydrogen-bond donors (Lipinski definition) is 2. The molecule has 2 heterocycles. The molecule has 2 rings (SSSR count). The molecule has 1 aromatic heterocycles. The lowest BCUT2D eigenvalue weighted by Crippen LogP contribution is -2.47. The van der Waals surface area contributed by atoms with E-state index in [2.05, 4.69) is 15.6 Å². The maximum absolute atomic E-state index is 5.68. The van der Waals surface area contributed by atoms with Crippen molar-refractivity contribution in [3.05, 3.63) is 23.5 Å². The highest BCUT2D eigenvalue weighted by Gasteiger charge is 2.16. The normalized spacial score (nSPS) is 16.1. The van der Waals surface area contributed by atoms with E-state index in [9.17, 15) is 0 Å². The average molecular weight is 228 g/mol. The molecular formula is C10H14ClN3O. The van der Waals surface area contributed by atoms with Crippen LogP contribution in [0.4, 0.5) is 5.69 Å². The summed E-state index contributed by atoms with van der Waals surface area (Å²) in [6.07, 6.45) is 1.73. The predicted octanol–water partition coefficient (Wildman–Crippen LogP) is 1.14. The molecule has 2 N–H and O–H groups in total. The Bertz CT molecular complexity index is 300. The van der Waals surface area contributed by atoms with Gasteiger partial charge in [0.2, 0.25) is 0 Å². The van der Waals surface area contributed by atoms with E-state index in [0.717, 1.165) is 32.0 Å². The third-order valence-electron chi connectivity index (χ3n) is 2.25. The second kappa shape index (κ2) is 5.30. The van der Waals surface area contributed by atoms with E-state index < -0.39 is 0 Å². The van der Waals surface area contributed by atoms with E-state index >= 15 is 0 Å². The van der Waals surface area contributed by atoms with Gasteiger partial charge < -0.3 is 15.4 Å². The molecule has 1 aliphatic rings. The number of nitrogens with one attached hydrogen (secondary N) is 2. The Morgan fingerprint density at radius 3 is 2.87 bits per heavy atom. The van der Waals surface area contributed by atoms with Crippen LogP contribution < -0.4 is 10.6 Å². The van der Waals surface area contributed by atoms with Gasteiger partial charge in [0.05, 0.1) is 31.1 Å². The standard InChI is InChI=1S/C10H14ClN3O/c11-10-2-1-8(5-14-10)12-3-4-13-9-6-15-7-9/h1-2,5,9,12-13H,3-4,6-7H2. The topological polar surface area (TPSA) is 46.2 Å². The van der Waals surface area contributed by atoms with Crippen LogP contribution in [0.25, 0.3) is 0 Å². The zero-order chi connectivity index (χ0) is 10.5. The van der Waals surface area contributed by atoms with Crippen molar-refractivity contribution in [2.75, 3.05) is 31.6 Å². The summed E-state index contributed by atoms with van der Waals surface area (Å²) in [4.78, 5) is 3.98. The molecule has 0 aromatic carbocycles. The summed E-state index contributed by atoms with van der Waals surface area (Å²) in [6.45, 7) is 3.47. The minimum absolute atomic E-state index is 0.519. The van der Waals surface area contributed by atoms with Gasteiger partial charge in [0.1, 0.15) is 5.15 Å². The molecule has 1 fully saturated rings. The highest BCUT2D eigenvalue weighted by atomic mass is 35.5. The zero-order valence-corrected chi connectivity index (χ0v) is 9.13. The number of halogens is 1. The van der Waals surface area contributed by atoms with Gasteiger partial charge in [0, 0.05) is 13.1 Å². The average Bonchev–Trinajstić information content (AvgIpc) is 2.18. The van der Waals surface area contributed by atoms with Gasteiger partial charge in [-0.05, 0) is 12.1 Å². The van der Waals surface area contributed by atoms with Crippen molar-refractivity contribution in [2.45, 2.75) is 6.04 Å². The van der Waals surface area contributed by atoms with E-state index in [1.807, 2.05) is 6.07 Å². The summed E-state index contributed by atoms with van der Waals surface area (Å²) in [5.74, 6) is 0. The molecule has 0 atom stereocenters. The van der Waals surface area contributed by atoms with Gasteiger partial charge in [-0.15, -0.1) is 0 Å². The van der Waals surface area contributed by atoms with E-state index in [0.29, 0.717) is 11.2 Å². The Kier molecular flexibility index (Phi) is 3.77. The van der Waals surface area contributed by atoms with Gasteiger partial charge in [-0.3, -0.25) is 0 Å². The van der Waals surface area contributed by atoms with Crippen LogP contribution in [0.1, 0.15) is 0 Å². The second-order valence-corrected chi connectivity index (χ2v) is 3.87. The summed E-state index contributed by atoms with van der Waals surface area (Å²) >= 11 is 5.68. The Balaban J connectivity index is 1.62. The number of aromatic nitrogens is 1. The van der Waals surface area contributed by atoms with Crippen LogP contribution in [0, 0.1) is 0 Å². The molecule has 0 aliphatic carbocycles. The van der Waals surface area contributed by atoms with Crippen LogP contribution >= 0.6 is 11.6 Å². The van der Waals surface area contributed by atoms with E-state index in [-0.39, 0.29) is 0 Å². The molecule has 1 aromatic rings. The minimum atomic E-state index is 0.519. The minimum Gasteiger partial charge on any atom is -0.383 e. The van der Waals surface area contributed by atoms with Crippen molar-refractivity contribution in [1.29, 1.82) is 0 Å². The first-order chi connectivity index (χ1) is 7.34. The number of ether oxygens (including phenoxy) is 1. The van der Waals surface area contributed by atoms with Gasteiger partial charge in [0.25, 0.3) is 0 Å². The third kappa shape index (κ3) is 3.34. The monoisotopic (exact) mass is 227 g/mol. The first kappa shape index (κ1) is 10.7. The molecule has 15 heavy (non-hydrogen) atoms. The molecule has 0 unspecified atom stereocenters. The van der Waals surface area contributed by atoms with Crippen LogP contribution in [0.15, 0.2) is 18.3 Å². The van der Waals surface area contributed by atoms with Gasteiger partial charge in [0.15, 0.2) is 0 Å². The molecule has 1 aliphatic heterocycles. The fourth-order valence-corrected chi connectivity index (χ4v) is 1.43. The Morgan fingerprint density at radius 1 is 1.40 bits per heavy atom. The van der Waals surface area contributed by atoms with Crippen molar-refractivity contribution in [3.8, 4) is 0 Å². The zero-order valence-electron chi connectivity index (χ0n) is 8.37. The van der Waals surface area contributed by atoms with E-state index in [1.54, 1.807) is 12.3 Å². The fraction of sp³-hybridized carbons (Fsp3) is 0.500. The second-order valence-electron chi connectivity index (χ2n) is 3.48. The third-order valence-corrected chi connectivity index (χ3v) is 2.48. The Hall–Kier alpha value is -0.840. The highest BCUT2D eigenvalue weighted by Crippen LogP contribution is 2.08. The van der Waals surface area contributed by atoms with Crippen molar-refractivity contribution in [1.82, 2.24) is 10.3 Å². The smallest absolute Gasteiger partial charge is 0.129 e.